The molecule has 0 radical (unpaired) electrons. The van der Waals surface area contributed by atoms with Crippen molar-refractivity contribution in [1.82, 2.24) is 0 Å². The van der Waals surface area contributed by atoms with E-state index in [9.17, 15) is 0 Å². The number of aliphatic imine (C=N–C) groups is 1. The number of hydrogen-bond acceptors (Lipinski definition) is 1. The minimum absolute atomic E-state index is 0. The van der Waals surface area contributed by atoms with E-state index in [0.717, 1.165) is 17.5 Å². The molecule has 2 fully saturated rings. The van der Waals surface area contributed by atoms with Gasteiger partial charge in [-0.3, -0.25) is 0 Å². The first-order valence-electron chi connectivity index (χ1n) is 7.48. The van der Waals surface area contributed by atoms with Gasteiger partial charge in [0.05, 0.1) is 6.04 Å². The predicted molar refractivity (Wildman–Crippen MR) is 95.6 cm³/mol. The van der Waals surface area contributed by atoms with Crippen LogP contribution in [-0.2, 0) is 0 Å². The van der Waals surface area contributed by atoms with Gasteiger partial charge in [0.2, 0.25) is 0 Å². The average molecular weight is 385 g/mol. The number of nitrogens with one attached hydrogen (secondary N) is 1. The van der Waals surface area contributed by atoms with Gasteiger partial charge in [-0.25, -0.2) is 4.99 Å². The van der Waals surface area contributed by atoms with Gasteiger partial charge in [-0.15, -0.1) is 24.0 Å². The monoisotopic (exact) mass is 385 g/mol. The lowest BCUT2D eigenvalue weighted by Gasteiger charge is -2.21. The van der Waals surface area contributed by atoms with Crippen molar-refractivity contribution >= 4 is 35.6 Å². The Bertz CT molecular complexity index is 440. The summed E-state index contributed by atoms with van der Waals surface area (Å²) >= 11 is 0. The highest BCUT2D eigenvalue weighted by Crippen LogP contribution is 2.46. The van der Waals surface area contributed by atoms with Crippen molar-refractivity contribution in [2.75, 3.05) is 5.32 Å². The van der Waals surface area contributed by atoms with Crippen LogP contribution in [0, 0.1) is 11.8 Å². The third kappa shape index (κ3) is 4.11. The summed E-state index contributed by atoms with van der Waals surface area (Å²) in [7, 11) is 0. The van der Waals surface area contributed by atoms with Crippen LogP contribution < -0.4 is 11.1 Å². The fourth-order valence-electron chi connectivity index (χ4n) is 3.30. The molecule has 0 spiro atoms. The lowest BCUT2D eigenvalue weighted by Crippen LogP contribution is -2.23. The van der Waals surface area contributed by atoms with Gasteiger partial charge in [0, 0.05) is 5.69 Å². The highest BCUT2D eigenvalue weighted by Gasteiger charge is 2.43. The summed E-state index contributed by atoms with van der Waals surface area (Å²) in [6.07, 6.45) is 8.30. The topological polar surface area (TPSA) is 50.4 Å². The first-order chi connectivity index (χ1) is 9.33. The van der Waals surface area contributed by atoms with Gasteiger partial charge < -0.3 is 11.1 Å². The van der Waals surface area contributed by atoms with Crippen molar-refractivity contribution < 1.29 is 0 Å². The van der Waals surface area contributed by atoms with Crippen LogP contribution in [0.25, 0.3) is 0 Å². The molecule has 2 saturated carbocycles. The molecule has 110 valence electrons. The molecule has 3 nitrogen and oxygen atoms in total. The van der Waals surface area contributed by atoms with Crippen molar-refractivity contribution in [2.45, 2.75) is 44.6 Å². The molecule has 0 heterocycles. The molecule has 1 aromatic rings. The largest absolute Gasteiger partial charge is 0.370 e. The Morgan fingerprint density at radius 1 is 1.10 bits per heavy atom. The molecule has 3 N–H and O–H groups in total. The number of nitrogens with two attached hydrogens (primary N) is 1. The summed E-state index contributed by atoms with van der Waals surface area (Å²) in [6, 6.07) is 10.5. The fraction of sp³-hybridized carbons (Fsp3) is 0.562. The Hall–Kier alpha value is -0.780. The zero-order chi connectivity index (χ0) is 13.1. The van der Waals surface area contributed by atoms with Crippen molar-refractivity contribution in [2.24, 2.45) is 22.6 Å². The zero-order valence-electron chi connectivity index (χ0n) is 11.8. The zero-order valence-corrected chi connectivity index (χ0v) is 14.1. The summed E-state index contributed by atoms with van der Waals surface area (Å²) in [6.45, 7) is 0. The smallest absolute Gasteiger partial charge is 0.193 e. The number of hydrogen-bond donors (Lipinski definition) is 2. The Morgan fingerprint density at radius 3 is 2.50 bits per heavy atom. The third-order valence-corrected chi connectivity index (χ3v) is 4.41. The molecule has 3 rings (SSSR count). The second-order valence-electron chi connectivity index (χ2n) is 5.87. The Balaban J connectivity index is 0.00000147. The second-order valence-corrected chi connectivity index (χ2v) is 5.87. The summed E-state index contributed by atoms with van der Waals surface area (Å²) in [5.41, 5.74) is 6.99. The van der Waals surface area contributed by atoms with E-state index in [0.29, 0.717) is 12.0 Å². The van der Waals surface area contributed by atoms with Crippen molar-refractivity contribution in [3.8, 4) is 0 Å². The Kier molecular flexibility index (Phi) is 5.69. The highest BCUT2D eigenvalue weighted by molar-refractivity contribution is 14.0. The number of guanidine groups is 1. The van der Waals surface area contributed by atoms with Crippen LogP contribution >= 0.6 is 24.0 Å². The van der Waals surface area contributed by atoms with E-state index in [1.165, 1.54) is 38.5 Å². The van der Waals surface area contributed by atoms with Crippen LogP contribution in [-0.4, -0.2) is 12.0 Å². The summed E-state index contributed by atoms with van der Waals surface area (Å²) in [4.78, 5) is 4.62. The molecule has 20 heavy (non-hydrogen) atoms. The van der Waals surface area contributed by atoms with Gasteiger partial charge in [-0.05, 0) is 30.4 Å². The number of halogens is 1. The van der Waals surface area contributed by atoms with Gasteiger partial charge in [-0.1, -0.05) is 50.3 Å². The van der Waals surface area contributed by atoms with E-state index in [2.05, 4.69) is 10.3 Å². The fourth-order valence-corrected chi connectivity index (χ4v) is 3.30. The first kappa shape index (κ1) is 15.6. The Morgan fingerprint density at radius 2 is 1.80 bits per heavy atom. The van der Waals surface area contributed by atoms with Crippen LogP contribution in [0.5, 0.6) is 0 Å². The van der Waals surface area contributed by atoms with Gasteiger partial charge in [0.1, 0.15) is 0 Å². The quantitative estimate of drug-likeness (QED) is 0.470. The van der Waals surface area contributed by atoms with Crippen LogP contribution in [0.15, 0.2) is 35.3 Å². The molecule has 2 unspecified atom stereocenters. The van der Waals surface area contributed by atoms with Crippen LogP contribution in [0.2, 0.25) is 0 Å². The molecule has 0 bridgehead atoms. The van der Waals surface area contributed by atoms with E-state index in [1.54, 1.807) is 0 Å². The number of anilines is 1. The molecular formula is C16H24IN3. The van der Waals surface area contributed by atoms with Crippen LogP contribution in [0.3, 0.4) is 0 Å². The van der Waals surface area contributed by atoms with Crippen molar-refractivity contribution in [3.63, 3.8) is 0 Å². The normalized spacial score (nSPS) is 26.7. The molecule has 0 saturated heterocycles. The van der Waals surface area contributed by atoms with E-state index in [1.807, 2.05) is 30.3 Å². The molecule has 4 heteroatoms. The Labute approximate surface area is 138 Å². The van der Waals surface area contributed by atoms with Gasteiger partial charge >= 0.3 is 0 Å². The van der Waals surface area contributed by atoms with Crippen LogP contribution in [0.1, 0.15) is 38.5 Å². The minimum Gasteiger partial charge on any atom is -0.370 e. The number of para-hydroxylation sites is 1. The second kappa shape index (κ2) is 7.29. The van der Waals surface area contributed by atoms with Crippen LogP contribution in [0.4, 0.5) is 5.69 Å². The third-order valence-electron chi connectivity index (χ3n) is 4.41. The van der Waals surface area contributed by atoms with Crippen molar-refractivity contribution in [1.29, 1.82) is 0 Å². The SMILES string of the molecule is I.NC(=NC1CC1C1CCCCC1)Nc1ccccc1. The van der Waals surface area contributed by atoms with Gasteiger partial charge in [-0.2, -0.15) is 0 Å². The maximum absolute atomic E-state index is 5.98. The molecule has 2 aliphatic carbocycles. The lowest BCUT2D eigenvalue weighted by atomic mass is 9.85. The minimum atomic E-state index is 0. The first-order valence-corrected chi connectivity index (χ1v) is 7.48. The molecule has 2 aliphatic rings. The van der Waals surface area contributed by atoms with Gasteiger partial charge in [0.25, 0.3) is 0 Å². The summed E-state index contributed by atoms with van der Waals surface area (Å²) in [5.74, 6) is 2.28. The predicted octanol–water partition coefficient (Wildman–Crippen LogP) is 4.00. The lowest BCUT2D eigenvalue weighted by molar-refractivity contribution is 0.318. The van der Waals surface area contributed by atoms with Gasteiger partial charge in [0.15, 0.2) is 5.96 Å². The summed E-state index contributed by atoms with van der Waals surface area (Å²) < 4.78 is 0. The molecule has 0 amide bonds. The number of rotatable bonds is 3. The molecule has 0 aliphatic heterocycles. The molecule has 0 aromatic heterocycles. The maximum atomic E-state index is 5.98. The van der Waals surface area contributed by atoms with E-state index in [-0.39, 0.29) is 24.0 Å². The van der Waals surface area contributed by atoms with Crippen molar-refractivity contribution in [3.05, 3.63) is 30.3 Å². The molecular weight excluding hydrogens is 361 g/mol. The molecule has 2 atom stereocenters. The average Bonchev–Trinajstić information content (AvgIpc) is 3.20. The number of benzene rings is 1. The van der Waals surface area contributed by atoms with E-state index >= 15 is 0 Å². The van der Waals surface area contributed by atoms with E-state index < -0.39 is 0 Å². The molecule has 1 aromatic carbocycles. The standard InChI is InChI=1S/C16H23N3.HI/c17-16(18-13-9-5-2-6-10-13)19-15-11-14(15)12-7-3-1-4-8-12;/h2,5-6,9-10,12,14-15H,1,3-4,7-8,11H2,(H3,17,18,19);1H. The highest BCUT2D eigenvalue weighted by atomic mass is 127. The maximum Gasteiger partial charge on any atom is 0.193 e. The van der Waals surface area contributed by atoms with E-state index in [4.69, 9.17) is 5.73 Å². The number of nitrogens with zero attached hydrogens (tertiary/aromatic N) is 1. The summed E-state index contributed by atoms with van der Waals surface area (Å²) in [5, 5.41) is 3.16.